The van der Waals surface area contributed by atoms with Crippen molar-refractivity contribution >= 4 is 15.8 Å². The molecular weight excluding hydrogens is 364 g/mol. The number of hydrogen-bond acceptors (Lipinski definition) is 6. The van der Waals surface area contributed by atoms with Crippen molar-refractivity contribution in [2.75, 3.05) is 18.0 Å². The van der Waals surface area contributed by atoms with Crippen LogP contribution in [0.1, 0.15) is 36.6 Å². The number of anilines is 1. The van der Waals surface area contributed by atoms with E-state index in [-0.39, 0.29) is 5.75 Å². The minimum absolute atomic E-state index is 0.112. The second-order valence-corrected chi connectivity index (χ2v) is 9.14. The zero-order valence-electron chi connectivity index (χ0n) is 15.8. The Morgan fingerprint density at radius 3 is 2.44 bits per heavy atom. The second-order valence-electron chi connectivity index (χ2n) is 7.38. The molecule has 1 fully saturated rings. The molecule has 0 saturated carbocycles. The smallest absolute Gasteiger partial charge is 0.216 e. The van der Waals surface area contributed by atoms with Crippen LogP contribution in [0.5, 0.6) is 0 Å². The third kappa shape index (κ3) is 5.03. The molecular formula is C19H26N4O3S. The van der Waals surface area contributed by atoms with Gasteiger partial charge in [0, 0.05) is 13.1 Å². The van der Waals surface area contributed by atoms with Gasteiger partial charge in [-0.25, -0.2) is 13.1 Å². The molecule has 1 aliphatic heterocycles. The Balaban J connectivity index is 1.63. The van der Waals surface area contributed by atoms with Gasteiger partial charge in [-0.15, -0.1) is 5.10 Å². The maximum absolute atomic E-state index is 12.5. The summed E-state index contributed by atoms with van der Waals surface area (Å²) in [5.41, 5.74) is 2.70. The lowest BCUT2D eigenvalue weighted by Crippen LogP contribution is -2.43. The van der Waals surface area contributed by atoms with Crippen LogP contribution in [0.15, 0.2) is 36.4 Å². The van der Waals surface area contributed by atoms with Crippen molar-refractivity contribution in [1.29, 1.82) is 0 Å². The molecule has 2 N–H and O–H groups in total. The standard InChI is InChI=1S/C19H26N4O3S/c1-13(2)16-7-5-15(6-8-16)12-27(25,26)22-17-10-23(11-18(17)24)19-9-4-14(3)20-21-19/h4-9,13,17-18,22,24H,10-12H2,1-3H3/t17-,18+/m1/s1. The van der Waals surface area contributed by atoms with Crippen LogP contribution in [0, 0.1) is 6.92 Å². The summed E-state index contributed by atoms with van der Waals surface area (Å²) in [6.45, 7) is 6.70. The average molecular weight is 391 g/mol. The van der Waals surface area contributed by atoms with Gasteiger partial charge in [0.2, 0.25) is 10.0 Å². The number of β-amino-alcohol motifs (C(OH)–C–C–N with tert-alkyl or cyclic N) is 1. The Bertz CT molecular complexity index is 867. The van der Waals surface area contributed by atoms with Crippen molar-refractivity contribution in [1.82, 2.24) is 14.9 Å². The first-order valence-corrected chi connectivity index (χ1v) is 10.7. The van der Waals surface area contributed by atoms with Gasteiger partial charge < -0.3 is 10.0 Å². The maximum atomic E-state index is 12.5. The summed E-state index contributed by atoms with van der Waals surface area (Å²) in [6, 6.07) is 10.7. The van der Waals surface area contributed by atoms with E-state index in [0.29, 0.717) is 24.8 Å². The molecule has 7 nitrogen and oxygen atoms in total. The fraction of sp³-hybridized carbons (Fsp3) is 0.474. The van der Waals surface area contributed by atoms with Crippen LogP contribution in [0.4, 0.5) is 5.82 Å². The molecule has 1 aromatic carbocycles. The van der Waals surface area contributed by atoms with Crippen LogP contribution in [0.2, 0.25) is 0 Å². The van der Waals surface area contributed by atoms with E-state index in [4.69, 9.17) is 0 Å². The van der Waals surface area contributed by atoms with E-state index in [9.17, 15) is 13.5 Å². The van der Waals surface area contributed by atoms with E-state index < -0.39 is 22.2 Å². The van der Waals surface area contributed by atoms with Gasteiger partial charge in [-0.2, -0.15) is 5.10 Å². The molecule has 0 bridgehead atoms. The number of rotatable bonds is 6. The first-order valence-electron chi connectivity index (χ1n) is 9.06. The van der Waals surface area contributed by atoms with Crippen molar-refractivity contribution in [3.8, 4) is 0 Å². The van der Waals surface area contributed by atoms with Gasteiger partial charge in [0.25, 0.3) is 0 Å². The first-order chi connectivity index (χ1) is 12.7. The molecule has 0 spiro atoms. The molecule has 1 saturated heterocycles. The fourth-order valence-electron chi connectivity index (χ4n) is 3.14. The molecule has 1 aromatic heterocycles. The topological polar surface area (TPSA) is 95.4 Å². The number of nitrogens with zero attached hydrogens (tertiary/aromatic N) is 3. The Morgan fingerprint density at radius 1 is 1.15 bits per heavy atom. The summed E-state index contributed by atoms with van der Waals surface area (Å²) in [5.74, 6) is 0.919. The summed E-state index contributed by atoms with van der Waals surface area (Å²) in [4.78, 5) is 1.84. The lowest BCUT2D eigenvalue weighted by molar-refractivity contribution is 0.174. The van der Waals surface area contributed by atoms with Gasteiger partial charge in [-0.3, -0.25) is 0 Å². The minimum atomic E-state index is -3.57. The number of aliphatic hydroxyl groups is 1. The van der Waals surface area contributed by atoms with Gasteiger partial charge >= 0.3 is 0 Å². The van der Waals surface area contributed by atoms with Crippen molar-refractivity contribution in [2.24, 2.45) is 0 Å². The van der Waals surface area contributed by atoms with Crippen molar-refractivity contribution < 1.29 is 13.5 Å². The Morgan fingerprint density at radius 2 is 1.85 bits per heavy atom. The van der Waals surface area contributed by atoms with Crippen LogP contribution < -0.4 is 9.62 Å². The monoisotopic (exact) mass is 390 g/mol. The lowest BCUT2D eigenvalue weighted by atomic mass is 10.0. The van der Waals surface area contributed by atoms with Crippen molar-refractivity contribution in [3.63, 3.8) is 0 Å². The van der Waals surface area contributed by atoms with Crippen LogP contribution >= 0.6 is 0 Å². The minimum Gasteiger partial charge on any atom is -0.390 e. The summed E-state index contributed by atoms with van der Waals surface area (Å²) < 4.78 is 27.7. The molecule has 8 heteroatoms. The van der Waals surface area contributed by atoms with E-state index in [0.717, 1.165) is 11.3 Å². The van der Waals surface area contributed by atoms with Crippen molar-refractivity contribution in [3.05, 3.63) is 53.2 Å². The molecule has 146 valence electrons. The number of aryl methyl sites for hydroxylation is 1. The highest BCUT2D eigenvalue weighted by atomic mass is 32.2. The average Bonchev–Trinajstić information content (AvgIpc) is 2.95. The summed E-state index contributed by atoms with van der Waals surface area (Å²) >= 11 is 0. The van der Waals surface area contributed by atoms with Gasteiger partial charge in [0.15, 0.2) is 5.82 Å². The third-order valence-electron chi connectivity index (χ3n) is 4.73. The van der Waals surface area contributed by atoms with Gasteiger partial charge in [0.05, 0.1) is 23.6 Å². The molecule has 0 amide bonds. The predicted molar refractivity (Wildman–Crippen MR) is 105 cm³/mol. The normalized spacial score (nSPS) is 20.4. The number of benzene rings is 1. The Labute approximate surface area is 160 Å². The highest BCUT2D eigenvalue weighted by Gasteiger charge is 2.35. The second kappa shape index (κ2) is 7.92. The van der Waals surface area contributed by atoms with E-state index in [1.54, 1.807) is 0 Å². The fourth-order valence-corrected chi connectivity index (χ4v) is 4.55. The number of nitrogens with one attached hydrogen (secondary N) is 1. The Kier molecular flexibility index (Phi) is 5.78. The van der Waals surface area contributed by atoms with Crippen LogP contribution in [0.3, 0.4) is 0 Å². The molecule has 2 aromatic rings. The summed E-state index contributed by atoms with van der Waals surface area (Å²) in [5, 5.41) is 18.4. The zero-order chi connectivity index (χ0) is 19.6. The molecule has 2 heterocycles. The Hall–Kier alpha value is -2.03. The molecule has 1 aliphatic rings. The number of aliphatic hydroxyl groups excluding tert-OH is 1. The number of sulfonamides is 1. The predicted octanol–water partition coefficient (Wildman–Crippen LogP) is 1.58. The molecule has 2 atom stereocenters. The van der Waals surface area contributed by atoms with Crippen LogP contribution in [-0.2, 0) is 15.8 Å². The SMILES string of the molecule is Cc1ccc(N2C[C@H](O)[C@H](NS(=O)(=O)Cc3ccc(C(C)C)cc3)C2)nn1. The van der Waals surface area contributed by atoms with Crippen LogP contribution in [0.25, 0.3) is 0 Å². The van der Waals surface area contributed by atoms with Gasteiger partial charge in [0.1, 0.15) is 0 Å². The third-order valence-corrected chi connectivity index (χ3v) is 6.11. The van der Waals surface area contributed by atoms with E-state index in [2.05, 4.69) is 28.8 Å². The number of aromatic nitrogens is 2. The van der Waals surface area contributed by atoms with Crippen molar-refractivity contribution in [2.45, 2.75) is 44.6 Å². The van der Waals surface area contributed by atoms with Crippen LogP contribution in [-0.4, -0.2) is 49.0 Å². The number of hydrogen-bond donors (Lipinski definition) is 2. The molecule has 0 radical (unpaired) electrons. The molecule has 0 unspecified atom stereocenters. The molecule has 27 heavy (non-hydrogen) atoms. The summed E-state index contributed by atoms with van der Waals surface area (Å²) in [6.07, 6.45) is -0.800. The molecule has 0 aliphatic carbocycles. The summed E-state index contributed by atoms with van der Waals surface area (Å²) in [7, 11) is -3.57. The largest absolute Gasteiger partial charge is 0.390 e. The lowest BCUT2D eigenvalue weighted by Gasteiger charge is -2.17. The van der Waals surface area contributed by atoms with E-state index in [1.807, 2.05) is 48.2 Å². The molecule has 3 rings (SSSR count). The highest BCUT2D eigenvalue weighted by Crippen LogP contribution is 2.20. The maximum Gasteiger partial charge on any atom is 0.216 e. The van der Waals surface area contributed by atoms with E-state index >= 15 is 0 Å². The quantitative estimate of drug-likeness (QED) is 0.778. The van der Waals surface area contributed by atoms with E-state index in [1.165, 1.54) is 5.56 Å². The highest BCUT2D eigenvalue weighted by molar-refractivity contribution is 7.88. The van der Waals surface area contributed by atoms with Gasteiger partial charge in [-0.05, 0) is 36.1 Å². The first kappa shape index (κ1) is 19.7. The van der Waals surface area contributed by atoms with Gasteiger partial charge in [-0.1, -0.05) is 38.1 Å². The zero-order valence-corrected chi connectivity index (χ0v) is 16.6.